The molecular formula is C30H28N4O2S. The van der Waals surface area contributed by atoms with E-state index in [0.29, 0.717) is 13.1 Å². The first-order chi connectivity index (χ1) is 18.0. The van der Waals surface area contributed by atoms with Crippen molar-refractivity contribution in [3.05, 3.63) is 113 Å². The summed E-state index contributed by atoms with van der Waals surface area (Å²) in [4.78, 5) is 25.2. The van der Waals surface area contributed by atoms with Crippen molar-refractivity contribution in [2.75, 3.05) is 18.5 Å². The number of rotatable bonds is 10. The summed E-state index contributed by atoms with van der Waals surface area (Å²) in [5.41, 5.74) is 6.09. The molecule has 0 atom stereocenters. The van der Waals surface area contributed by atoms with E-state index in [1.54, 1.807) is 11.3 Å². The summed E-state index contributed by atoms with van der Waals surface area (Å²) in [5, 5.41) is 13.5. The second kappa shape index (κ2) is 11.3. The van der Waals surface area contributed by atoms with Gasteiger partial charge in [-0.3, -0.25) is 14.7 Å². The van der Waals surface area contributed by atoms with Crippen LogP contribution in [-0.4, -0.2) is 39.5 Å². The van der Waals surface area contributed by atoms with Crippen molar-refractivity contribution >= 4 is 33.9 Å². The second-order valence-corrected chi connectivity index (χ2v) is 9.99. The first-order valence-electron chi connectivity index (χ1n) is 12.1. The number of carboxylic acids is 1. The molecule has 1 N–H and O–H groups in total. The molecule has 5 rings (SSSR count). The third-order valence-electron chi connectivity index (χ3n) is 6.18. The van der Waals surface area contributed by atoms with Crippen molar-refractivity contribution in [3.8, 4) is 11.3 Å². The number of hydrogen-bond acceptors (Lipinski definition) is 6. The minimum Gasteiger partial charge on any atom is -0.480 e. The molecule has 0 saturated heterocycles. The van der Waals surface area contributed by atoms with E-state index in [-0.39, 0.29) is 6.54 Å². The highest BCUT2D eigenvalue weighted by molar-refractivity contribution is 7.09. The number of aromatic nitrogens is 2. The molecule has 7 heteroatoms. The molecule has 0 spiro atoms. The lowest BCUT2D eigenvalue weighted by Crippen LogP contribution is -2.29. The van der Waals surface area contributed by atoms with Crippen LogP contribution in [0.3, 0.4) is 0 Å². The van der Waals surface area contributed by atoms with E-state index in [2.05, 4.69) is 60.5 Å². The quantitative estimate of drug-likeness (QED) is 0.247. The Morgan fingerprint density at radius 3 is 2.38 bits per heavy atom. The van der Waals surface area contributed by atoms with Crippen LogP contribution in [0.5, 0.6) is 0 Å². The van der Waals surface area contributed by atoms with Crippen LogP contribution in [0.15, 0.2) is 96.4 Å². The lowest BCUT2D eigenvalue weighted by Gasteiger charge is -2.19. The van der Waals surface area contributed by atoms with E-state index in [1.165, 1.54) is 5.56 Å². The van der Waals surface area contributed by atoms with Crippen molar-refractivity contribution in [2.24, 2.45) is 0 Å². The van der Waals surface area contributed by atoms with Crippen LogP contribution in [0.1, 0.15) is 16.3 Å². The molecule has 0 amide bonds. The highest BCUT2D eigenvalue weighted by Gasteiger charge is 2.15. The SMILES string of the molecule is CN(Cc1ccccc1)c1ccc(-c2csc(CN(CC(=O)O)Cc3ccc4ccccc4n3)n2)cc1. The zero-order valence-corrected chi connectivity index (χ0v) is 21.4. The standard InChI is InChI=1S/C30H28N4O2S/c1-33(17-22-7-3-2-4-8-22)26-15-12-24(13-16-26)28-21-37-29(32-28)19-34(20-30(35)36)18-25-14-11-23-9-5-6-10-27(23)31-25/h2-16,21H,17-20H2,1H3,(H,35,36). The third kappa shape index (κ3) is 6.39. The first-order valence-corrected chi connectivity index (χ1v) is 13.0. The van der Waals surface area contributed by atoms with Crippen molar-refractivity contribution in [3.63, 3.8) is 0 Å². The van der Waals surface area contributed by atoms with Crippen molar-refractivity contribution < 1.29 is 9.90 Å². The van der Waals surface area contributed by atoms with Gasteiger partial charge in [0.2, 0.25) is 0 Å². The number of carbonyl (C=O) groups is 1. The Morgan fingerprint density at radius 2 is 1.59 bits per heavy atom. The van der Waals surface area contributed by atoms with Gasteiger partial charge in [-0.25, -0.2) is 4.98 Å². The molecule has 0 aliphatic heterocycles. The summed E-state index contributed by atoms with van der Waals surface area (Å²) in [5.74, 6) is -0.868. The van der Waals surface area contributed by atoms with Gasteiger partial charge in [0, 0.05) is 42.2 Å². The van der Waals surface area contributed by atoms with Crippen LogP contribution < -0.4 is 4.90 Å². The van der Waals surface area contributed by atoms with Crippen LogP contribution in [0, 0.1) is 0 Å². The molecule has 3 aromatic carbocycles. The lowest BCUT2D eigenvalue weighted by atomic mass is 10.1. The summed E-state index contributed by atoms with van der Waals surface area (Å²) in [7, 11) is 2.09. The summed E-state index contributed by atoms with van der Waals surface area (Å²) < 4.78 is 0. The Balaban J connectivity index is 1.26. The average molecular weight is 509 g/mol. The number of hydrogen-bond donors (Lipinski definition) is 1. The Morgan fingerprint density at radius 1 is 0.838 bits per heavy atom. The summed E-state index contributed by atoms with van der Waals surface area (Å²) >= 11 is 1.55. The van der Waals surface area contributed by atoms with Gasteiger partial charge in [0.15, 0.2) is 0 Å². The van der Waals surface area contributed by atoms with Crippen LogP contribution in [-0.2, 0) is 24.4 Å². The number of para-hydroxylation sites is 1. The number of anilines is 1. The molecule has 2 heterocycles. The van der Waals surface area contributed by atoms with Gasteiger partial charge in [-0.2, -0.15) is 0 Å². The number of aliphatic carboxylic acids is 1. The van der Waals surface area contributed by atoms with Gasteiger partial charge >= 0.3 is 5.97 Å². The van der Waals surface area contributed by atoms with E-state index in [9.17, 15) is 9.90 Å². The summed E-state index contributed by atoms with van der Waals surface area (Å²) in [6, 6.07) is 30.7. The molecule has 0 unspecified atom stereocenters. The van der Waals surface area contributed by atoms with Crippen molar-refractivity contribution in [1.29, 1.82) is 0 Å². The molecule has 0 aliphatic rings. The predicted molar refractivity (Wildman–Crippen MR) is 150 cm³/mol. The number of nitrogens with zero attached hydrogens (tertiary/aromatic N) is 4. The van der Waals surface area contributed by atoms with Gasteiger partial charge in [0.05, 0.1) is 30.0 Å². The van der Waals surface area contributed by atoms with E-state index in [0.717, 1.165) is 45.1 Å². The number of benzene rings is 3. The van der Waals surface area contributed by atoms with E-state index < -0.39 is 5.97 Å². The van der Waals surface area contributed by atoms with Gasteiger partial charge in [-0.1, -0.05) is 66.7 Å². The highest BCUT2D eigenvalue weighted by atomic mass is 32.1. The molecular weight excluding hydrogens is 480 g/mol. The molecule has 0 radical (unpaired) electrons. The van der Waals surface area contributed by atoms with Gasteiger partial charge in [0.1, 0.15) is 5.01 Å². The van der Waals surface area contributed by atoms with Gasteiger partial charge in [-0.15, -0.1) is 11.3 Å². The second-order valence-electron chi connectivity index (χ2n) is 9.05. The fraction of sp³-hybridized carbons (Fsp3) is 0.167. The number of thiazole rings is 1. The smallest absolute Gasteiger partial charge is 0.317 e. The van der Waals surface area contributed by atoms with Crippen LogP contribution in [0.25, 0.3) is 22.2 Å². The van der Waals surface area contributed by atoms with Gasteiger partial charge in [0.25, 0.3) is 0 Å². The molecule has 6 nitrogen and oxygen atoms in total. The predicted octanol–water partition coefficient (Wildman–Crippen LogP) is 6.08. The minimum atomic E-state index is -0.868. The van der Waals surface area contributed by atoms with Gasteiger partial charge < -0.3 is 10.0 Å². The molecule has 2 aromatic heterocycles. The van der Waals surface area contributed by atoms with Crippen LogP contribution >= 0.6 is 11.3 Å². The number of fused-ring (bicyclic) bond motifs is 1. The Kier molecular flexibility index (Phi) is 7.54. The fourth-order valence-corrected chi connectivity index (χ4v) is 5.17. The molecule has 0 aliphatic carbocycles. The minimum absolute atomic E-state index is 0.0775. The Hall–Kier alpha value is -4.07. The van der Waals surface area contributed by atoms with E-state index >= 15 is 0 Å². The highest BCUT2D eigenvalue weighted by Crippen LogP contribution is 2.26. The van der Waals surface area contributed by atoms with E-state index in [4.69, 9.17) is 9.97 Å². The number of carboxylic acid groups (broad SMARTS) is 1. The monoisotopic (exact) mass is 508 g/mol. The molecule has 186 valence electrons. The van der Waals surface area contributed by atoms with Crippen molar-refractivity contribution in [1.82, 2.24) is 14.9 Å². The van der Waals surface area contributed by atoms with Crippen LogP contribution in [0.4, 0.5) is 5.69 Å². The fourth-order valence-electron chi connectivity index (χ4n) is 4.33. The molecule has 5 aromatic rings. The third-order valence-corrected chi connectivity index (χ3v) is 7.01. The summed E-state index contributed by atoms with van der Waals surface area (Å²) in [6.07, 6.45) is 0. The largest absolute Gasteiger partial charge is 0.480 e. The number of pyridine rings is 1. The maximum atomic E-state index is 11.5. The topological polar surface area (TPSA) is 69.6 Å². The van der Waals surface area contributed by atoms with Crippen molar-refractivity contribution in [2.45, 2.75) is 19.6 Å². The normalized spacial score (nSPS) is 11.2. The van der Waals surface area contributed by atoms with Gasteiger partial charge in [-0.05, 0) is 29.8 Å². The summed E-state index contributed by atoms with van der Waals surface area (Å²) in [6.45, 7) is 1.65. The van der Waals surface area contributed by atoms with E-state index in [1.807, 2.05) is 52.7 Å². The molecule has 37 heavy (non-hydrogen) atoms. The molecule has 0 bridgehead atoms. The zero-order chi connectivity index (χ0) is 25.6. The molecule has 0 fully saturated rings. The Bertz CT molecular complexity index is 1480. The van der Waals surface area contributed by atoms with Crippen LogP contribution in [0.2, 0.25) is 0 Å². The Labute approximate surface area is 220 Å². The maximum absolute atomic E-state index is 11.5. The zero-order valence-electron chi connectivity index (χ0n) is 20.6. The molecule has 0 saturated carbocycles. The average Bonchev–Trinajstić information content (AvgIpc) is 3.37. The first kappa shape index (κ1) is 24.6. The maximum Gasteiger partial charge on any atom is 0.317 e. The lowest BCUT2D eigenvalue weighted by molar-refractivity contribution is -0.138.